The van der Waals surface area contributed by atoms with E-state index in [2.05, 4.69) is 35.5 Å². The second kappa shape index (κ2) is 6.99. The van der Waals surface area contributed by atoms with Gasteiger partial charge >= 0.3 is 0 Å². The summed E-state index contributed by atoms with van der Waals surface area (Å²) in [7, 11) is 0. The van der Waals surface area contributed by atoms with Crippen molar-refractivity contribution in [2.75, 3.05) is 17.6 Å². The van der Waals surface area contributed by atoms with Gasteiger partial charge < -0.3 is 5.32 Å². The highest BCUT2D eigenvalue weighted by molar-refractivity contribution is 7.99. The van der Waals surface area contributed by atoms with Crippen LogP contribution >= 0.6 is 11.8 Å². The van der Waals surface area contributed by atoms with Gasteiger partial charge in [0, 0.05) is 42.0 Å². The number of thioether (sulfide) groups is 1. The molecule has 3 aromatic heterocycles. The number of pyridine rings is 1. The van der Waals surface area contributed by atoms with Crippen molar-refractivity contribution in [3.8, 4) is 11.4 Å². The highest BCUT2D eigenvalue weighted by Gasteiger charge is 2.05. The van der Waals surface area contributed by atoms with Crippen LogP contribution in [0.3, 0.4) is 0 Å². The Hall–Kier alpha value is -2.48. The number of aryl methyl sites for hydroxylation is 1. The maximum Gasteiger partial charge on any atom is 0.183 e. The van der Waals surface area contributed by atoms with E-state index in [0.717, 1.165) is 34.5 Å². The van der Waals surface area contributed by atoms with Gasteiger partial charge in [-0.25, -0.2) is 15.0 Å². The van der Waals surface area contributed by atoms with Crippen molar-refractivity contribution in [2.24, 2.45) is 0 Å². The maximum absolute atomic E-state index is 4.53. The molecule has 0 saturated heterocycles. The summed E-state index contributed by atoms with van der Waals surface area (Å²) in [4.78, 5) is 17.2. The van der Waals surface area contributed by atoms with Crippen LogP contribution in [-0.4, -0.2) is 42.4 Å². The number of H-pyrrole nitrogens is 1. The number of rotatable bonds is 6. The number of aromatic amines is 1. The van der Waals surface area contributed by atoms with Crippen molar-refractivity contribution in [3.05, 3.63) is 42.6 Å². The van der Waals surface area contributed by atoms with Crippen molar-refractivity contribution in [1.29, 1.82) is 0 Å². The first-order valence-electron chi connectivity index (χ1n) is 6.79. The predicted molar refractivity (Wildman–Crippen MR) is 85.6 cm³/mol. The molecular weight excluding hydrogens is 298 g/mol. The molecule has 0 atom stereocenters. The van der Waals surface area contributed by atoms with Crippen molar-refractivity contribution < 1.29 is 0 Å². The standard InChI is InChI=1S/C14H15N7S/c1-10-7-12(16-5-6-22-14-17-9-18-21-14)20-13(19-10)11-3-2-4-15-8-11/h2-4,7-9H,5-6H2,1H3,(H,16,19,20)(H,17,18,21). The Morgan fingerprint density at radius 2 is 2.27 bits per heavy atom. The third kappa shape index (κ3) is 3.79. The van der Waals surface area contributed by atoms with Crippen LogP contribution in [-0.2, 0) is 0 Å². The zero-order chi connectivity index (χ0) is 15.2. The van der Waals surface area contributed by atoms with Gasteiger partial charge in [-0.1, -0.05) is 11.8 Å². The van der Waals surface area contributed by atoms with Crippen molar-refractivity contribution in [1.82, 2.24) is 30.1 Å². The Morgan fingerprint density at radius 1 is 1.32 bits per heavy atom. The van der Waals surface area contributed by atoms with E-state index >= 15 is 0 Å². The Kier molecular flexibility index (Phi) is 4.59. The molecule has 112 valence electrons. The molecule has 0 aliphatic carbocycles. The molecule has 0 fully saturated rings. The molecule has 0 aliphatic rings. The molecule has 0 spiro atoms. The van der Waals surface area contributed by atoms with Crippen molar-refractivity contribution in [3.63, 3.8) is 0 Å². The largest absolute Gasteiger partial charge is 0.369 e. The molecule has 3 aromatic rings. The summed E-state index contributed by atoms with van der Waals surface area (Å²) >= 11 is 1.61. The molecule has 22 heavy (non-hydrogen) atoms. The lowest BCUT2D eigenvalue weighted by Gasteiger charge is -2.08. The molecule has 3 heterocycles. The normalized spacial score (nSPS) is 10.6. The van der Waals surface area contributed by atoms with Gasteiger partial charge in [0.2, 0.25) is 0 Å². The van der Waals surface area contributed by atoms with Crippen LogP contribution in [0.2, 0.25) is 0 Å². The molecule has 0 bridgehead atoms. The Labute approximate surface area is 132 Å². The minimum Gasteiger partial charge on any atom is -0.369 e. The summed E-state index contributed by atoms with van der Waals surface area (Å²) in [5, 5.41) is 10.7. The van der Waals surface area contributed by atoms with Crippen LogP contribution in [0.4, 0.5) is 5.82 Å². The first-order chi connectivity index (χ1) is 10.8. The number of hydrogen-bond donors (Lipinski definition) is 2. The van der Waals surface area contributed by atoms with Gasteiger partial charge in [0.25, 0.3) is 0 Å². The molecule has 3 rings (SSSR count). The van der Waals surface area contributed by atoms with Crippen molar-refractivity contribution >= 4 is 17.6 Å². The van der Waals surface area contributed by atoms with E-state index < -0.39 is 0 Å². The van der Waals surface area contributed by atoms with Gasteiger partial charge in [-0.05, 0) is 19.1 Å². The van der Waals surface area contributed by atoms with Crippen LogP contribution in [0.5, 0.6) is 0 Å². The summed E-state index contributed by atoms with van der Waals surface area (Å²) in [5.74, 6) is 2.35. The third-order valence-corrected chi connectivity index (χ3v) is 3.69. The van der Waals surface area contributed by atoms with Gasteiger partial charge in [-0.15, -0.1) is 0 Å². The van der Waals surface area contributed by atoms with Gasteiger partial charge in [0.15, 0.2) is 11.0 Å². The lowest BCUT2D eigenvalue weighted by atomic mass is 10.2. The molecule has 0 saturated carbocycles. The fourth-order valence-electron chi connectivity index (χ4n) is 1.87. The topological polar surface area (TPSA) is 92.3 Å². The highest BCUT2D eigenvalue weighted by Crippen LogP contribution is 2.17. The molecule has 2 N–H and O–H groups in total. The summed E-state index contributed by atoms with van der Waals surface area (Å²) in [6.45, 7) is 2.73. The lowest BCUT2D eigenvalue weighted by molar-refractivity contribution is 0.972. The molecule has 0 amide bonds. The van der Waals surface area contributed by atoms with E-state index in [1.54, 1.807) is 24.2 Å². The van der Waals surface area contributed by atoms with Gasteiger partial charge in [0.1, 0.15) is 12.1 Å². The molecule has 0 radical (unpaired) electrons. The number of nitrogens with zero attached hydrogens (tertiary/aromatic N) is 5. The predicted octanol–water partition coefficient (Wildman–Crippen LogP) is 2.17. The first-order valence-corrected chi connectivity index (χ1v) is 7.78. The zero-order valence-electron chi connectivity index (χ0n) is 12.0. The second-order valence-corrected chi connectivity index (χ2v) is 5.61. The molecule has 7 nitrogen and oxygen atoms in total. The average molecular weight is 313 g/mol. The average Bonchev–Trinajstić information content (AvgIpc) is 3.05. The quantitative estimate of drug-likeness (QED) is 0.532. The summed E-state index contributed by atoms with van der Waals surface area (Å²) in [5.41, 5.74) is 1.82. The second-order valence-electron chi connectivity index (χ2n) is 4.53. The fraction of sp³-hybridized carbons (Fsp3) is 0.214. The maximum atomic E-state index is 4.53. The summed E-state index contributed by atoms with van der Waals surface area (Å²) < 4.78 is 0. The number of hydrogen-bond acceptors (Lipinski definition) is 7. The van der Waals surface area contributed by atoms with Crippen molar-refractivity contribution in [2.45, 2.75) is 12.1 Å². The highest BCUT2D eigenvalue weighted by atomic mass is 32.2. The van der Waals surface area contributed by atoms with Crippen LogP contribution in [0, 0.1) is 6.92 Å². The Balaban J connectivity index is 1.63. The van der Waals surface area contributed by atoms with Crippen LogP contribution in [0.25, 0.3) is 11.4 Å². The molecule has 0 aromatic carbocycles. The molecule has 0 unspecified atom stereocenters. The van der Waals surface area contributed by atoms with Gasteiger partial charge in [-0.3, -0.25) is 10.1 Å². The fourth-order valence-corrected chi connectivity index (χ4v) is 2.51. The van der Waals surface area contributed by atoms with Gasteiger partial charge in [0.05, 0.1) is 0 Å². The zero-order valence-corrected chi connectivity index (χ0v) is 12.8. The monoisotopic (exact) mass is 313 g/mol. The SMILES string of the molecule is Cc1cc(NCCSc2ncn[nH]2)nc(-c2cccnc2)n1. The van der Waals surface area contributed by atoms with E-state index in [1.165, 1.54) is 6.33 Å². The summed E-state index contributed by atoms with van der Waals surface area (Å²) in [6.07, 6.45) is 5.00. The van der Waals surface area contributed by atoms with E-state index in [4.69, 9.17) is 0 Å². The number of anilines is 1. The van der Waals surface area contributed by atoms with E-state index in [1.807, 2.05) is 25.1 Å². The molecule has 8 heteroatoms. The minimum atomic E-state index is 0.679. The lowest BCUT2D eigenvalue weighted by Crippen LogP contribution is -2.07. The Morgan fingerprint density at radius 3 is 3.05 bits per heavy atom. The smallest absolute Gasteiger partial charge is 0.183 e. The first kappa shape index (κ1) is 14.5. The van der Waals surface area contributed by atoms with E-state index in [9.17, 15) is 0 Å². The van der Waals surface area contributed by atoms with E-state index in [0.29, 0.717) is 5.82 Å². The van der Waals surface area contributed by atoms with Crippen LogP contribution < -0.4 is 5.32 Å². The van der Waals surface area contributed by atoms with Gasteiger partial charge in [-0.2, -0.15) is 5.10 Å². The Bertz CT molecular complexity index is 715. The summed E-state index contributed by atoms with van der Waals surface area (Å²) in [6, 6.07) is 5.76. The molecular formula is C14H15N7S. The van der Waals surface area contributed by atoms with Crippen LogP contribution in [0.15, 0.2) is 42.1 Å². The number of nitrogens with one attached hydrogen (secondary N) is 2. The minimum absolute atomic E-state index is 0.679. The number of aromatic nitrogens is 6. The third-order valence-electron chi connectivity index (χ3n) is 2.81. The van der Waals surface area contributed by atoms with Crippen LogP contribution in [0.1, 0.15) is 5.69 Å². The van der Waals surface area contributed by atoms with E-state index in [-0.39, 0.29) is 0 Å². The molecule has 0 aliphatic heterocycles.